The number of piperazine rings is 1. The topological polar surface area (TPSA) is 286 Å². The highest BCUT2D eigenvalue weighted by atomic mass is 16.3. The van der Waals surface area contributed by atoms with Crippen molar-refractivity contribution in [2.45, 2.75) is 107 Å². The summed E-state index contributed by atoms with van der Waals surface area (Å²) in [6.45, 7) is 10.9. The van der Waals surface area contributed by atoms with Crippen molar-refractivity contribution in [1.29, 1.82) is 0 Å². The number of amides is 1. The average Bonchev–Trinajstić information content (AvgIpc) is 1.60. The molecular weight excluding hydrogens is 1360 g/mol. The molecule has 0 unspecified atom stereocenters. The van der Waals surface area contributed by atoms with Gasteiger partial charge in [0.15, 0.2) is 0 Å². The molecule has 0 atom stereocenters. The van der Waals surface area contributed by atoms with Gasteiger partial charge in [-0.2, -0.15) is 0 Å². The first kappa shape index (κ1) is 68.4. The first-order valence-electron chi connectivity index (χ1n) is 37.5. The van der Waals surface area contributed by atoms with Gasteiger partial charge in [0.05, 0.1) is 44.3 Å². The molecule has 23 nitrogen and oxygen atoms in total. The third-order valence-electron chi connectivity index (χ3n) is 22.6. The van der Waals surface area contributed by atoms with Gasteiger partial charge < -0.3 is 46.0 Å². The van der Waals surface area contributed by atoms with Crippen LogP contribution in [0.15, 0.2) is 213 Å². The Hall–Kier alpha value is -12.4. The van der Waals surface area contributed by atoms with E-state index < -0.39 is 11.2 Å². The molecule has 23 heteroatoms. The van der Waals surface area contributed by atoms with Crippen molar-refractivity contribution in [3.05, 3.63) is 236 Å². The number of aliphatic hydroxyl groups is 2. The van der Waals surface area contributed by atoms with Crippen LogP contribution in [0.4, 0.5) is 17.5 Å². The monoisotopic (exact) mass is 1440 g/mol. The van der Waals surface area contributed by atoms with Crippen molar-refractivity contribution in [3.63, 3.8) is 0 Å². The third kappa shape index (κ3) is 12.5. The van der Waals surface area contributed by atoms with Gasteiger partial charge in [-0.1, -0.05) is 140 Å². The van der Waals surface area contributed by atoms with Crippen molar-refractivity contribution in [3.8, 4) is 67.9 Å². The molecule has 0 bridgehead atoms. The number of rotatable bonds is 14. The molecule has 4 fully saturated rings. The fourth-order valence-electron chi connectivity index (χ4n) is 17.0. The van der Waals surface area contributed by atoms with Crippen LogP contribution in [0.25, 0.3) is 118 Å². The molecule has 7 aromatic carbocycles. The van der Waals surface area contributed by atoms with Crippen molar-refractivity contribution >= 4 is 73.5 Å². The average molecular weight is 1450 g/mol. The first-order valence-corrected chi connectivity index (χ1v) is 37.5. The molecule has 1 amide bonds. The maximum Gasteiger partial charge on any atom is 0.209 e. The minimum atomic E-state index is -0.630. The molecule has 0 radical (unpaired) electrons. The zero-order valence-electron chi connectivity index (χ0n) is 61.2. The van der Waals surface area contributed by atoms with E-state index in [0.29, 0.717) is 55.1 Å². The van der Waals surface area contributed by atoms with Gasteiger partial charge >= 0.3 is 0 Å². The van der Waals surface area contributed by atoms with Crippen molar-refractivity contribution < 1.29 is 15.0 Å². The van der Waals surface area contributed by atoms with Crippen LogP contribution >= 0.6 is 0 Å². The van der Waals surface area contributed by atoms with Gasteiger partial charge in [-0.05, 0) is 101 Å². The molecule has 16 aromatic rings. The highest BCUT2D eigenvalue weighted by Crippen LogP contribution is 2.48. The van der Waals surface area contributed by atoms with Gasteiger partial charge in [0.1, 0.15) is 86.0 Å². The van der Waals surface area contributed by atoms with Crippen LogP contribution in [-0.2, 0) is 24.9 Å². The molecule has 3 aliphatic carbocycles. The lowest BCUT2D eigenvalue weighted by molar-refractivity contribution is -0.120. The van der Waals surface area contributed by atoms with Gasteiger partial charge in [0.25, 0.3) is 0 Å². The van der Waals surface area contributed by atoms with Crippen LogP contribution in [0.2, 0.25) is 0 Å². The van der Waals surface area contributed by atoms with Crippen molar-refractivity contribution in [2.75, 3.05) is 43.4 Å². The van der Waals surface area contributed by atoms with Crippen LogP contribution in [-0.4, -0.2) is 142 Å². The summed E-state index contributed by atoms with van der Waals surface area (Å²) in [6, 6.07) is 60.7. The molecule has 9 aromatic heterocycles. The van der Waals surface area contributed by atoms with E-state index in [0.717, 1.165) is 194 Å². The van der Waals surface area contributed by atoms with Gasteiger partial charge in [-0.15, -0.1) is 0 Å². The number of anilines is 3. The Labute approximate surface area is 628 Å². The number of aryl methyl sites for hydroxylation is 2. The number of imidazole rings is 6. The number of nitrogens with two attached hydrogens (primary N) is 3. The van der Waals surface area contributed by atoms with Gasteiger partial charge in [0, 0.05) is 141 Å². The van der Waals surface area contributed by atoms with E-state index in [1.165, 1.54) is 5.56 Å². The predicted molar refractivity (Wildman–Crippen MR) is 427 cm³/mol. The fraction of sp³-hybridized carbons (Fsp3) is 0.256. The second kappa shape index (κ2) is 27.4. The summed E-state index contributed by atoms with van der Waals surface area (Å²) in [7, 11) is 2.03. The summed E-state index contributed by atoms with van der Waals surface area (Å²) >= 11 is 0. The van der Waals surface area contributed by atoms with Crippen LogP contribution < -0.4 is 17.2 Å². The molecule has 3 saturated carbocycles. The van der Waals surface area contributed by atoms with Crippen molar-refractivity contribution in [2.24, 2.45) is 7.05 Å². The largest absolute Gasteiger partial charge is 0.390 e. The first-order chi connectivity index (χ1) is 53.0. The van der Waals surface area contributed by atoms with E-state index in [1.54, 1.807) is 18.6 Å². The number of benzene rings is 7. The summed E-state index contributed by atoms with van der Waals surface area (Å²) in [5, 5.41) is 20.5. The van der Waals surface area contributed by atoms with Crippen LogP contribution in [0.3, 0.4) is 0 Å². The van der Waals surface area contributed by atoms with E-state index in [4.69, 9.17) is 47.1 Å². The Bertz CT molecular complexity index is 6090. The van der Waals surface area contributed by atoms with Crippen LogP contribution in [0, 0.1) is 0 Å². The Morgan fingerprint density at radius 2 is 0.826 bits per heavy atom. The quantitative estimate of drug-likeness (QED) is 0.0633. The Kier molecular flexibility index (Phi) is 17.2. The number of nitrogens with zero attached hydrogens (tertiary/aromatic N) is 17. The molecule has 10 heterocycles. The Morgan fingerprint density at radius 1 is 0.450 bits per heavy atom. The summed E-state index contributed by atoms with van der Waals surface area (Å²) < 4.78 is 12.8. The summed E-state index contributed by atoms with van der Waals surface area (Å²) in [5.41, 5.74) is 36.1. The number of carbonyl (C=O) groups excluding carboxylic acids is 1. The molecule has 0 spiro atoms. The lowest BCUT2D eigenvalue weighted by Gasteiger charge is -2.45. The van der Waals surface area contributed by atoms with Crippen LogP contribution in [0.1, 0.15) is 100 Å². The number of hydrogen-bond acceptors (Lipinski definition) is 16. The van der Waals surface area contributed by atoms with E-state index in [2.05, 4.69) is 172 Å². The van der Waals surface area contributed by atoms with Crippen LogP contribution in [0.5, 0.6) is 0 Å². The molecule has 4 aliphatic rings. The minimum Gasteiger partial charge on any atom is -0.390 e. The molecule has 20 rings (SSSR count). The molecule has 8 N–H and O–H groups in total. The van der Waals surface area contributed by atoms with E-state index >= 15 is 0 Å². The Balaban J connectivity index is 0.000000117. The normalized spacial score (nSPS) is 19.9. The zero-order chi connectivity index (χ0) is 74.4. The Morgan fingerprint density at radius 3 is 1.25 bits per heavy atom. The second-order valence-electron chi connectivity index (χ2n) is 30.1. The third-order valence-corrected chi connectivity index (χ3v) is 22.6. The molecule has 1 saturated heterocycles. The number of carbonyl (C=O) groups is 1. The summed E-state index contributed by atoms with van der Waals surface area (Å²) in [6.07, 6.45) is 16.8. The maximum atomic E-state index is 11.1. The second-order valence-corrected chi connectivity index (χ2v) is 30.1. The number of nitrogen functional groups attached to an aromatic ring is 3. The summed E-state index contributed by atoms with van der Waals surface area (Å²) in [5.74, 6) is 7.77. The molecule has 546 valence electrons. The van der Waals surface area contributed by atoms with E-state index in [9.17, 15) is 15.0 Å². The smallest absolute Gasteiger partial charge is 0.209 e. The van der Waals surface area contributed by atoms with Crippen molar-refractivity contribution in [1.82, 2.24) is 81.6 Å². The lowest BCUT2D eigenvalue weighted by Crippen LogP contribution is -2.53. The fourth-order valence-corrected chi connectivity index (χ4v) is 17.0. The minimum absolute atomic E-state index is 0.191. The van der Waals surface area contributed by atoms with E-state index in [1.807, 2.05) is 102 Å². The molecule has 109 heavy (non-hydrogen) atoms. The lowest BCUT2D eigenvalue weighted by atomic mass is 9.72. The number of fused-ring (bicyclic) bond motifs is 6. The molecule has 1 aliphatic heterocycles. The molecular formula is C86H84N20O3. The highest BCUT2D eigenvalue weighted by Gasteiger charge is 2.44. The number of aromatic nitrogens is 15. The van der Waals surface area contributed by atoms with Gasteiger partial charge in [-0.25, -0.2) is 44.9 Å². The van der Waals surface area contributed by atoms with Gasteiger partial charge in [-0.3, -0.25) is 22.9 Å². The van der Waals surface area contributed by atoms with Gasteiger partial charge in [0.2, 0.25) is 6.41 Å². The number of hydrogen-bond donors (Lipinski definition) is 5. The van der Waals surface area contributed by atoms with E-state index in [-0.39, 0.29) is 11.8 Å². The SMILES string of the molecule is CCn1c(-c2ccccc2)nc2cc(-c3nc(C4CC(C)(O)C4)n4ccnc(N)c34)ccc21.Cn1c(-c2ccccc2)nc2cc(-c3nc(C4CC(C)(O)C4)n4ccnc(N)c34)ccc21.Nc1nccn2c(C3CC(N4CCN(C=O)CC4)C3)nc(-c3ccc4c(c3)nc(-c3ccccc3)n4Cc3ccccc3)c12. The standard InChI is InChI=1S/C35H34N8O.C26H26N6O.C25H24N6O/c36-33-32-31(39-35(42(32)14-13-37-33)27-19-28(20-27)41-17-15-40(23-44)16-18-41)26-11-12-30-29(21-26)38-34(25-9-5-2-6-10-25)43(30)22-24-7-3-1-4-8-24;1-3-31-20-10-9-17(13-19(20)29-24(31)16-7-5-4-6-8-16)21-22-23(27)28-11-12-32(22)25(30-21)18-14-26(2,33)15-18;1-25(32)13-17(14-25)24-29-20(21-22(26)27-10-11-31(21)24)16-8-9-19-18(12-16)28-23(30(19)2)15-6-4-3-5-7-15/h1-14,21,23,27-28H,15-20,22H2,(H2,36,37);4-13,18,33H,3,14-15H2,1-2H3,(H2,27,28);3-12,17,32H,13-14H2,1-2H3,(H2,26,27). The zero-order valence-corrected chi connectivity index (χ0v) is 61.2. The maximum absolute atomic E-state index is 11.1. The summed E-state index contributed by atoms with van der Waals surface area (Å²) in [4.78, 5) is 58.9. The predicted octanol–water partition coefficient (Wildman–Crippen LogP) is 13.9. The highest BCUT2D eigenvalue weighted by molar-refractivity contribution is 5.94.